The van der Waals surface area contributed by atoms with Gasteiger partial charge in [-0.2, -0.15) is 0 Å². The van der Waals surface area contributed by atoms with Gasteiger partial charge < -0.3 is 5.32 Å². The largest absolute Gasteiger partial charge is 0.386 e. The zero-order valence-electron chi connectivity index (χ0n) is 7.63. The molecule has 0 fully saturated rings. The van der Waals surface area contributed by atoms with Gasteiger partial charge in [-0.1, -0.05) is 0 Å². The van der Waals surface area contributed by atoms with Gasteiger partial charge in [0.2, 0.25) is 0 Å². The third-order valence-electron chi connectivity index (χ3n) is 1.58. The molecule has 0 amide bonds. The van der Waals surface area contributed by atoms with Crippen LogP contribution in [-0.4, -0.2) is 25.3 Å². The zero-order valence-corrected chi connectivity index (χ0v) is 7.63. The highest BCUT2D eigenvalue weighted by Crippen LogP contribution is 2.11. The van der Waals surface area contributed by atoms with Crippen molar-refractivity contribution in [1.29, 1.82) is 0 Å². The quantitative estimate of drug-likeness (QED) is 0.670. The fraction of sp³-hybridized carbons (Fsp3) is 0.333. The molecule has 64 valence electrons. The first-order valence-corrected chi connectivity index (χ1v) is 3.84. The van der Waals surface area contributed by atoms with E-state index in [2.05, 4.69) is 15.3 Å². The second-order valence-electron chi connectivity index (χ2n) is 2.58. The van der Waals surface area contributed by atoms with Crippen molar-refractivity contribution < 1.29 is 0 Å². The van der Waals surface area contributed by atoms with Gasteiger partial charge in [-0.3, -0.25) is 9.98 Å². The van der Waals surface area contributed by atoms with E-state index in [0.29, 0.717) is 0 Å². The third kappa shape index (κ3) is 1.81. The summed E-state index contributed by atoms with van der Waals surface area (Å²) in [7, 11) is 3.62. The standard InChI is InChI=1S/C9H13N3/c1-7-4-8(11-3)9(6-10-2)12-5-7/h4-6,11H,1-3H3/b10-6-. The maximum Gasteiger partial charge on any atom is 0.104 e. The first kappa shape index (κ1) is 8.71. The van der Waals surface area contributed by atoms with Gasteiger partial charge in [0, 0.05) is 26.5 Å². The normalized spacial score (nSPS) is 10.6. The van der Waals surface area contributed by atoms with Crippen molar-refractivity contribution >= 4 is 11.9 Å². The molecule has 1 heterocycles. The molecule has 0 aromatic carbocycles. The summed E-state index contributed by atoms with van der Waals surface area (Å²) in [5.74, 6) is 0. The molecule has 0 aliphatic heterocycles. The lowest BCUT2D eigenvalue weighted by molar-refractivity contribution is 1.23. The number of hydrogen-bond acceptors (Lipinski definition) is 3. The molecule has 0 radical (unpaired) electrons. The van der Waals surface area contributed by atoms with E-state index in [1.165, 1.54) is 0 Å². The van der Waals surface area contributed by atoms with Gasteiger partial charge in [0.1, 0.15) is 5.69 Å². The van der Waals surface area contributed by atoms with Gasteiger partial charge in [-0.05, 0) is 18.6 Å². The Kier molecular flexibility index (Phi) is 2.80. The Balaban J connectivity index is 3.10. The maximum absolute atomic E-state index is 4.23. The summed E-state index contributed by atoms with van der Waals surface area (Å²) >= 11 is 0. The SMILES string of the molecule is C/N=C\c1ncc(C)cc1NC. The molecule has 1 rings (SSSR count). The monoisotopic (exact) mass is 163 g/mol. The fourth-order valence-corrected chi connectivity index (χ4v) is 1.01. The number of aryl methyl sites for hydroxylation is 1. The maximum atomic E-state index is 4.23. The van der Waals surface area contributed by atoms with E-state index in [9.17, 15) is 0 Å². The highest BCUT2D eigenvalue weighted by atomic mass is 14.9. The molecule has 0 aliphatic rings. The molecule has 0 bridgehead atoms. The summed E-state index contributed by atoms with van der Waals surface area (Å²) < 4.78 is 0. The van der Waals surface area contributed by atoms with Crippen LogP contribution < -0.4 is 5.32 Å². The minimum atomic E-state index is 0.880. The number of nitrogens with one attached hydrogen (secondary N) is 1. The Morgan fingerprint density at radius 1 is 1.58 bits per heavy atom. The molecular weight excluding hydrogens is 150 g/mol. The molecule has 1 N–H and O–H groups in total. The average Bonchev–Trinajstić information content (AvgIpc) is 2.08. The molecule has 0 spiro atoms. The van der Waals surface area contributed by atoms with Crippen LogP contribution >= 0.6 is 0 Å². The third-order valence-corrected chi connectivity index (χ3v) is 1.58. The number of aliphatic imine (C=N–C) groups is 1. The number of nitrogens with zero attached hydrogens (tertiary/aromatic N) is 2. The van der Waals surface area contributed by atoms with Crippen LogP contribution in [0.4, 0.5) is 5.69 Å². The van der Waals surface area contributed by atoms with Gasteiger partial charge in [0.05, 0.1) is 5.69 Å². The molecule has 1 aromatic heterocycles. The number of pyridine rings is 1. The lowest BCUT2D eigenvalue weighted by atomic mass is 10.2. The zero-order chi connectivity index (χ0) is 8.97. The second-order valence-corrected chi connectivity index (χ2v) is 2.58. The van der Waals surface area contributed by atoms with Crippen molar-refractivity contribution in [2.45, 2.75) is 6.92 Å². The summed E-state index contributed by atoms with van der Waals surface area (Å²) in [5, 5.41) is 3.07. The minimum absolute atomic E-state index is 0.880. The van der Waals surface area contributed by atoms with Crippen molar-refractivity contribution in [3.8, 4) is 0 Å². The van der Waals surface area contributed by atoms with E-state index in [1.807, 2.05) is 26.2 Å². The molecule has 12 heavy (non-hydrogen) atoms. The average molecular weight is 163 g/mol. The molecule has 0 unspecified atom stereocenters. The van der Waals surface area contributed by atoms with Crippen molar-refractivity contribution in [2.75, 3.05) is 19.4 Å². The van der Waals surface area contributed by atoms with Crippen LogP contribution in [0.15, 0.2) is 17.3 Å². The summed E-state index contributed by atoms with van der Waals surface area (Å²) in [4.78, 5) is 8.14. The van der Waals surface area contributed by atoms with Gasteiger partial charge in [-0.15, -0.1) is 0 Å². The smallest absolute Gasteiger partial charge is 0.104 e. The van der Waals surface area contributed by atoms with Crippen LogP contribution in [0.5, 0.6) is 0 Å². The van der Waals surface area contributed by atoms with Crippen molar-refractivity contribution in [2.24, 2.45) is 4.99 Å². The Hall–Kier alpha value is -1.38. The molecule has 0 saturated heterocycles. The summed E-state index contributed by atoms with van der Waals surface area (Å²) in [6.45, 7) is 2.01. The van der Waals surface area contributed by atoms with Gasteiger partial charge in [0.25, 0.3) is 0 Å². The van der Waals surface area contributed by atoms with Gasteiger partial charge in [-0.25, -0.2) is 0 Å². The molecule has 0 aliphatic carbocycles. The van der Waals surface area contributed by atoms with Crippen LogP contribution in [-0.2, 0) is 0 Å². The van der Waals surface area contributed by atoms with E-state index in [-0.39, 0.29) is 0 Å². The number of rotatable bonds is 2. The minimum Gasteiger partial charge on any atom is -0.386 e. The Morgan fingerprint density at radius 3 is 2.92 bits per heavy atom. The van der Waals surface area contributed by atoms with Crippen LogP contribution in [0.25, 0.3) is 0 Å². The number of anilines is 1. The van der Waals surface area contributed by atoms with Crippen LogP contribution in [0.3, 0.4) is 0 Å². The Morgan fingerprint density at radius 2 is 2.33 bits per heavy atom. The van der Waals surface area contributed by atoms with Crippen molar-refractivity contribution in [1.82, 2.24) is 4.98 Å². The Labute approximate surface area is 72.6 Å². The summed E-state index contributed by atoms with van der Waals surface area (Å²) in [5.41, 5.74) is 3.04. The predicted octanol–water partition coefficient (Wildman–Crippen LogP) is 1.48. The molecule has 3 heteroatoms. The second kappa shape index (κ2) is 3.85. The molecule has 0 atom stereocenters. The molecular formula is C9H13N3. The topological polar surface area (TPSA) is 37.3 Å². The van der Waals surface area contributed by atoms with E-state index in [4.69, 9.17) is 0 Å². The van der Waals surface area contributed by atoms with E-state index >= 15 is 0 Å². The highest BCUT2D eigenvalue weighted by molar-refractivity contribution is 5.85. The number of hydrogen-bond donors (Lipinski definition) is 1. The van der Waals surface area contributed by atoms with E-state index < -0.39 is 0 Å². The lowest BCUT2D eigenvalue weighted by Crippen LogP contribution is -1.98. The first-order chi connectivity index (χ1) is 5.77. The fourth-order valence-electron chi connectivity index (χ4n) is 1.01. The van der Waals surface area contributed by atoms with Crippen LogP contribution in [0, 0.1) is 6.92 Å². The first-order valence-electron chi connectivity index (χ1n) is 3.84. The van der Waals surface area contributed by atoms with Crippen LogP contribution in [0.1, 0.15) is 11.3 Å². The van der Waals surface area contributed by atoms with Crippen molar-refractivity contribution in [3.63, 3.8) is 0 Å². The van der Waals surface area contributed by atoms with Gasteiger partial charge in [0.15, 0.2) is 0 Å². The molecule has 0 saturated carbocycles. The molecule has 3 nitrogen and oxygen atoms in total. The predicted molar refractivity (Wildman–Crippen MR) is 52.0 cm³/mol. The Bertz CT molecular complexity index is 292. The highest BCUT2D eigenvalue weighted by Gasteiger charge is 1.98. The lowest BCUT2D eigenvalue weighted by Gasteiger charge is -2.03. The van der Waals surface area contributed by atoms with Crippen LogP contribution in [0.2, 0.25) is 0 Å². The number of aromatic nitrogens is 1. The summed E-state index contributed by atoms with van der Waals surface area (Å²) in [6.07, 6.45) is 3.57. The van der Waals surface area contributed by atoms with Gasteiger partial charge >= 0.3 is 0 Å². The summed E-state index contributed by atoms with van der Waals surface area (Å²) in [6, 6.07) is 2.05. The van der Waals surface area contributed by atoms with E-state index in [1.54, 1.807) is 13.3 Å². The van der Waals surface area contributed by atoms with E-state index in [0.717, 1.165) is 16.9 Å². The van der Waals surface area contributed by atoms with Crippen molar-refractivity contribution in [3.05, 3.63) is 23.5 Å². The molecule has 1 aromatic rings.